The third kappa shape index (κ3) is 3.44. The summed E-state index contributed by atoms with van der Waals surface area (Å²) < 4.78 is 6.02. The Morgan fingerprint density at radius 3 is 2.00 bits per heavy atom. The van der Waals surface area contributed by atoms with Gasteiger partial charge in [0.25, 0.3) is 0 Å². The quantitative estimate of drug-likeness (QED) is 0.761. The van der Waals surface area contributed by atoms with E-state index in [4.69, 9.17) is 4.74 Å². The van der Waals surface area contributed by atoms with Crippen molar-refractivity contribution in [1.29, 1.82) is 0 Å². The second kappa shape index (κ2) is 5.83. The Hall–Kier alpha value is -1.60. The van der Waals surface area contributed by atoms with Crippen molar-refractivity contribution < 1.29 is 4.74 Å². The number of ether oxygens (including phenoxy) is 1. The minimum Gasteiger partial charge on any atom is -0.371 e. The van der Waals surface area contributed by atoms with Crippen LogP contribution in [0.4, 0.5) is 0 Å². The Kier molecular flexibility index (Phi) is 4.16. The fourth-order valence-corrected chi connectivity index (χ4v) is 1.99. The molecule has 0 saturated carbocycles. The third-order valence-electron chi connectivity index (χ3n) is 3.17. The van der Waals surface area contributed by atoms with Crippen LogP contribution in [0.15, 0.2) is 60.7 Å². The van der Waals surface area contributed by atoms with Gasteiger partial charge in [0.15, 0.2) is 0 Å². The maximum Gasteiger partial charge on any atom is 0.0875 e. The molecule has 0 unspecified atom stereocenters. The zero-order valence-electron chi connectivity index (χ0n) is 11.1. The van der Waals surface area contributed by atoms with Crippen molar-refractivity contribution in [2.24, 2.45) is 0 Å². The number of benzene rings is 2. The van der Waals surface area contributed by atoms with Crippen LogP contribution in [-0.2, 0) is 16.8 Å². The fourth-order valence-electron chi connectivity index (χ4n) is 1.99. The smallest absolute Gasteiger partial charge is 0.0875 e. The van der Waals surface area contributed by atoms with Crippen molar-refractivity contribution >= 4 is 0 Å². The van der Waals surface area contributed by atoms with Crippen molar-refractivity contribution in [3.8, 4) is 0 Å². The summed E-state index contributed by atoms with van der Waals surface area (Å²) in [7, 11) is 0. The molecule has 2 aromatic carbocycles. The zero-order chi connectivity index (χ0) is 12.8. The van der Waals surface area contributed by atoms with Crippen LogP contribution in [0.1, 0.15) is 25.0 Å². The first-order valence-corrected chi connectivity index (χ1v) is 6.42. The first kappa shape index (κ1) is 12.8. The van der Waals surface area contributed by atoms with Crippen LogP contribution in [0.5, 0.6) is 0 Å². The summed E-state index contributed by atoms with van der Waals surface area (Å²) in [5.41, 5.74) is 2.31. The molecule has 0 aliphatic carbocycles. The van der Waals surface area contributed by atoms with E-state index in [1.807, 2.05) is 12.1 Å². The van der Waals surface area contributed by atoms with Crippen molar-refractivity contribution in [3.05, 3.63) is 71.8 Å². The predicted octanol–water partition coefficient (Wildman–Crippen LogP) is 4.18. The van der Waals surface area contributed by atoms with Gasteiger partial charge in [-0.15, -0.1) is 0 Å². The molecule has 1 nitrogen and oxygen atoms in total. The molecule has 0 spiro atoms. The molecule has 0 saturated heterocycles. The average Bonchev–Trinajstić information content (AvgIpc) is 2.41. The largest absolute Gasteiger partial charge is 0.371 e. The van der Waals surface area contributed by atoms with Gasteiger partial charge in [-0.3, -0.25) is 0 Å². The summed E-state index contributed by atoms with van der Waals surface area (Å²) in [6.45, 7) is 4.98. The number of rotatable bonds is 5. The molecule has 1 heteroatoms. The van der Waals surface area contributed by atoms with Gasteiger partial charge in [0.1, 0.15) is 0 Å². The summed E-state index contributed by atoms with van der Waals surface area (Å²) in [5, 5.41) is 0. The van der Waals surface area contributed by atoms with Gasteiger partial charge >= 0.3 is 0 Å². The van der Waals surface area contributed by atoms with E-state index in [1.54, 1.807) is 0 Å². The van der Waals surface area contributed by atoms with Gasteiger partial charge < -0.3 is 4.74 Å². The van der Waals surface area contributed by atoms with E-state index in [9.17, 15) is 0 Å². The minimum absolute atomic E-state index is 0.226. The highest BCUT2D eigenvalue weighted by Crippen LogP contribution is 2.24. The predicted molar refractivity (Wildman–Crippen MR) is 75.6 cm³/mol. The Bertz CT molecular complexity index is 459. The average molecular weight is 240 g/mol. The zero-order valence-corrected chi connectivity index (χ0v) is 11.1. The topological polar surface area (TPSA) is 9.23 Å². The van der Waals surface area contributed by atoms with Gasteiger partial charge in [0.2, 0.25) is 0 Å². The first-order chi connectivity index (χ1) is 8.68. The van der Waals surface area contributed by atoms with E-state index < -0.39 is 0 Å². The lowest BCUT2D eigenvalue weighted by atomic mass is 9.98. The van der Waals surface area contributed by atoms with E-state index in [0.29, 0.717) is 0 Å². The second-order valence-electron chi connectivity index (χ2n) is 4.96. The van der Waals surface area contributed by atoms with Gasteiger partial charge in [-0.05, 0) is 31.4 Å². The van der Waals surface area contributed by atoms with E-state index in [1.165, 1.54) is 11.1 Å². The molecule has 0 bridgehead atoms. The molecule has 2 rings (SSSR count). The van der Waals surface area contributed by atoms with Crippen molar-refractivity contribution in [3.63, 3.8) is 0 Å². The Balaban J connectivity index is 1.90. The van der Waals surface area contributed by atoms with Gasteiger partial charge in [-0.25, -0.2) is 0 Å². The molecule has 0 N–H and O–H groups in total. The molecule has 94 valence electrons. The maximum absolute atomic E-state index is 6.02. The molecule has 0 heterocycles. The number of hydrogen-bond donors (Lipinski definition) is 0. The highest BCUT2D eigenvalue weighted by molar-refractivity contribution is 5.21. The molecule has 18 heavy (non-hydrogen) atoms. The molecule has 0 aliphatic rings. The van der Waals surface area contributed by atoms with Gasteiger partial charge in [-0.1, -0.05) is 60.7 Å². The molecule has 0 aromatic heterocycles. The van der Waals surface area contributed by atoms with Crippen LogP contribution in [0.25, 0.3) is 0 Å². The Morgan fingerprint density at radius 2 is 1.39 bits per heavy atom. The van der Waals surface area contributed by atoms with E-state index in [0.717, 1.165) is 13.0 Å². The normalized spacial score (nSPS) is 11.4. The van der Waals surface area contributed by atoms with Gasteiger partial charge in [0, 0.05) is 0 Å². The highest BCUT2D eigenvalue weighted by atomic mass is 16.5. The lowest BCUT2D eigenvalue weighted by Crippen LogP contribution is -2.22. The van der Waals surface area contributed by atoms with Crippen LogP contribution in [0, 0.1) is 0 Å². The van der Waals surface area contributed by atoms with Crippen LogP contribution in [0.3, 0.4) is 0 Å². The minimum atomic E-state index is -0.226. The highest BCUT2D eigenvalue weighted by Gasteiger charge is 2.20. The van der Waals surface area contributed by atoms with Crippen LogP contribution in [0.2, 0.25) is 0 Å². The molecule has 0 aliphatic heterocycles. The van der Waals surface area contributed by atoms with E-state index in [-0.39, 0.29) is 5.60 Å². The van der Waals surface area contributed by atoms with Gasteiger partial charge in [-0.2, -0.15) is 0 Å². The summed E-state index contributed by atoms with van der Waals surface area (Å²) in [4.78, 5) is 0. The summed E-state index contributed by atoms with van der Waals surface area (Å²) in [5.74, 6) is 0. The molecule has 0 fully saturated rings. The van der Waals surface area contributed by atoms with Crippen LogP contribution >= 0.6 is 0 Å². The SMILES string of the molecule is CC(C)(OCCc1ccccc1)c1ccccc1. The maximum atomic E-state index is 6.02. The lowest BCUT2D eigenvalue weighted by Gasteiger charge is -2.26. The molecular weight excluding hydrogens is 220 g/mol. The fraction of sp³-hybridized carbons (Fsp3) is 0.294. The number of hydrogen-bond acceptors (Lipinski definition) is 1. The van der Waals surface area contributed by atoms with Gasteiger partial charge in [0.05, 0.1) is 12.2 Å². The first-order valence-electron chi connectivity index (χ1n) is 6.42. The third-order valence-corrected chi connectivity index (χ3v) is 3.17. The molecule has 2 aromatic rings. The summed E-state index contributed by atoms with van der Waals surface area (Å²) in [6.07, 6.45) is 0.955. The second-order valence-corrected chi connectivity index (χ2v) is 4.96. The molecule has 0 radical (unpaired) electrons. The van der Waals surface area contributed by atoms with E-state index in [2.05, 4.69) is 62.4 Å². The van der Waals surface area contributed by atoms with Crippen LogP contribution < -0.4 is 0 Å². The van der Waals surface area contributed by atoms with Crippen molar-refractivity contribution in [2.75, 3.05) is 6.61 Å². The van der Waals surface area contributed by atoms with Crippen molar-refractivity contribution in [2.45, 2.75) is 25.9 Å². The Morgan fingerprint density at radius 1 is 0.833 bits per heavy atom. The van der Waals surface area contributed by atoms with Crippen molar-refractivity contribution in [1.82, 2.24) is 0 Å². The summed E-state index contributed by atoms with van der Waals surface area (Å²) >= 11 is 0. The molecule has 0 amide bonds. The standard InChI is InChI=1S/C17H20O/c1-17(2,16-11-7-4-8-12-16)18-14-13-15-9-5-3-6-10-15/h3-12H,13-14H2,1-2H3. The molecule has 0 atom stereocenters. The van der Waals surface area contributed by atoms with E-state index >= 15 is 0 Å². The monoisotopic (exact) mass is 240 g/mol. The summed E-state index contributed by atoms with van der Waals surface area (Å²) in [6, 6.07) is 20.8. The molecular formula is C17H20O. The lowest BCUT2D eigenvalue weighted by molar-refractivity contribution is -0.0199. The van der Waals surface area contributed by atoms with Crippen LogP contribution in [-0.4, -0.2) is 6.61 Å². The Labute approximate surface area is 109 Å².